The third-order valence-corrected chi connectivity index (χ3v) is 2.91. The zero-order valence-corrected chi connectivity index (χ0v) is 12.6. The Balaban J connectivity index is 2.60. The van der Waals surface area contributed by atoms with Gasteiger partial charge in [0.25, 0.3) is 0 Å². The zero-order valence-electron chi connectivity index (χ0n) is 12.6. The number of ether oxygens (including phenoxy) is 2. The first-order valence-corrected chi connectivity index (χ1v) is 6.92. The number of unbranched alkanes of at least 4 members (excludes halogenated alkanes) is 2. The van der Waals surface area contributed by atoms with Crippen molar-refractivity contribution in [3.8, 4) is 11.5 Å². The summed E-state index contributed by atoms with van der Waals surface area (Å²) in [5.41, 5.74) is 0.0403. The van der Waals surface area contributed by atoms with E-state index in [0.29, 0.717) is 19.3 Å². The first-order chi connectivity index (χ1) is 10.5. The Morgan fingerprint density at radius 2 is 1.86 bits per heavy atom. The van der Waals surface area contributed by atoms with Crippen LogP contribution in [-0.2, 0) is 9.59 Å². The SMILES string of the molecule is COc1ccnc(C(C)=O)c1OC(=O)CCCCCC(=O)O. The number of pyridine rings is 1. The van der Waals surface area contributed by atoms with Gasteiger partial charge < -0.3 is 14.6 Å². The van der Waals surface area contributed by atoms with Crippen LogP contribution in [0.5, 0.6) is 11.5 Å². The fourth-order valence-electron chi connectivity index (χ4n) is 1.83. The Labute approximate surface area is 128 Å². The number of carboxylic acid groups (broad SMARTS) is 1. The lowest BCUT2D eigenvalue weighted by molar-refractivity contribution is -0.137. The number of carboxylic acids is 1. The van der Waals surface area contributed by atoms with Crippen LogP contribution in [0.4, 0.5) is 0 Å². The minimum atomic E-state index is -0.853. The van der Waals surface area contributed by atoms with Gasteiger partial charge in [0, 0.05) is 32.0 Å². The van der Waals surface area contributed by atoms with Gasteiger partial charge in [-0.15, -0.1) is 0 Å². The molecule has 0 atom stereocenters. The molecule has 7 heteroatoms. The molecular weight excluding hydrogens is 290 g/mol. The number of aliphatic carboxylic acids is 1. The molecule has 22 heavy (non-hydrogen) atoms. The Hall–Kier alpha value is -2.44. The van der Waals surface area contributed by atoms with E-state index in [9.17, 15) is 14.4 Å². The van der Waals surface area contributed by atoms with Crippen molar-refractivity contribution in [2.45, 2.75) is 39.0 Å². The van der Waals surface area contributed by atoms with Crippen LogP contribution in [0.3, 0.4) is 0 Å². The van der Waals surface area contributed by atoms with Gasteiger partial charge >= 0.3 is 11.9 Å². The van der Waals surface area contributed by atoms with E-state index in [1.165, 1.54) is 26.3 Å². The average molecular weight is 309 g/mol. The number of esters is 1. The average Bonchev–Trinajstić information content (AvgIpc) is 2.46. The third kappa shape index (κ3) is 5.51. The molecule has 1 heterocycles. The summed E-state index contributed by atoms with van der Waals surface area (Å²) in [6, 6.07) is 1.50. The number of methoxy groups -OCH3 is 1. The predicted molar refractivity (Wildman–Crippen MR) is 77.1 cm³/mol. The molecule has 0 unspecified atom stereocenters. The van der Waals surface area contributed by atoms with E-state index in [0.717, 1.165) is 0 Å². The highest BCUT2D eigenvalue weighted by Gasteiger charge is 2.18. The molecule has 0 radical (unpaired) electrons. The third-order valence-electron chi connectivity index (χ3n) is 2.91. The Bertz CT molecular complexity index is 555. The second kappa shape index (κ2) is 8.76. The van der Waals surface area contributed by atoms with Gasteiger partial charge in [0.1, 0.15) is 0 Å². The van der Waals surface area contributed by atoms with Crippen LogP contribution in [-0.4, -0.2) is 34.9 Å². The van der Waals surface area contributed by atoms with Crippen LogP contribution in [0.15, 0.2) is 12.3 Å². The summed E-state index contributed by atoms with van der Waals surface area (Å²) in [4.78, 5) is 37.6. The van der Waals surface area contributed by atoms with Crippen LogP contribution in [0.1, 0.15) is 49.5 Å². The van der Waals surface area contributed by atoms with Crippen LogP contribution >= 0.6 is 0 Å². The Morgan fingerprint density at radius 1 is 1.18 bits per heavy atom. The first kappa shape index (κ1) is 17.6. The molecular formula is C15H19NO6. The standard InChI is InChI=1S/C15H19NO6/c1-10(17)14-15(11(21-2)8-9-16-14)22-13(20)7-5-3-4-6-12(18)19/h8-9H,3-7H2,1-2H3,(H,18,19). The monoisotopic (exact) mass is 309 g/mol. The quantitative estimate of drug-likeness (QED) is 0.424. The molecule has 1 N–H and O–H groups in total. The molecule has 0 saturated carbocycles. The summed E-state index contributed by atoms with van der Waals surface area (Å²) in [5.74, 6) is -1.41. The van der Waals surface area contributed by atoms with Gasteiger partial charge in [-0.1, -0.05) is 6.42 Å². The highest BCUT2D eigenvalue weighted by molar-refractivity contribution is 5.96. The van der Waals surface area contributed by atoms with Crippen molar-refractivity contribution in [3.05, 3.63) is 18.0 Å². The van der Waals surface area contributed by atoms with Crippen molar-refractivity contribution < 1.29 is 29.0 Å². The lowest BCUT2D eigenvalue weighted by Crippen LogP contribution is -2.12. The largest absolute Gasteiger partial charge is 0.493 e. The second-order valence-corrected chi connectivity index (χ2v) is 4.68. The molecule has 0 bridgehead atoms. The molecule has 0 saturated heterocycles. The number of ketones is 1. The van der Waals surface area contributed by atoms with E-state index in [1.807, 2.05) is 0 Å². The Kier molecular flexibility index (Phi) is 7.01. The zero-order chi connectivity index (χ0) is 16.5. The summed E-state index contributed by atoms with van der Waals surface area (Å²) in [5, 5.41) is 8.51. The van der Waals surface area contributed by atoms with Crippen molar-refractivity contribution in [3.63, 3.8) is 0 Å². The van der Waals surface area contributed by atoms with Crippen LogP contribution in [0.25, 0.3) is 0 Å². The molecule has 0 aliphatic heterocycles. The summed E-state index contributed by atoms with van der Waals surface area (Å²) in [6.45, 7) is 1.32. The molecule has 120 valence electrons. The maximum absolute atomic E-state index is 11.8. The van der Waals surface area contributed by atoms with Gasteiger partial charge in [-0.2, -0.15) is 0 Å². The molecule has 0 fully saturated rings. The topological polar surface area (TPSA) is 103 Å². The van der Waals surface area contributed by atoms with Crippen molar-refractivity contribution in [1.82, 2.24) is 4.98 Å². The molecule has 0 spiro atoms. The normalized spacial score (nSPS) is 10.1. The Morgan fingerprint density at radius 3 is 2.45 bits per heavy atom. The van der Waals surface area contributed by atoms with Gasteiger partial charge in [-0.3, -0.25) is 14.4 Å². The molecule has 1 aromatic rings. The van der Waals surface area contributed by atoms with E-state index in [2.05, 4.69) is 4.98 Å². The number of carbonyl (C=O) groups is 3. The number of rotatable bonds is 9. The fraction of sp³-hybridized carbons (Fsp3) is 0.467. The summed E-state index contributed by atoms with van der Waals surface area (Å²) < 4.78 is 10.3. The van der Waals surface area contributed by atoms with Gasteiger partial charge in [0.2, 0.25) is 5.75 Å². The first-order valence-electron chi connectivity index (χ1n) is 6.92. The number of carbonyl (C=O) groups excluding carboxylic acids is 2. The lowest BCUT2D eigenvalue weighted by Gasteiger charge is -2.11. The number of Topliss-reactive ketones (excluding diaryl/α,β-unsaturated/α-hetero) is 1. The van der Waals surface area contributed by atoms with Crippen LogP contribution in [0, 0.1) is 0 Å². The highest BCUT2D eigenvalue weighted by Crippen LogP contribution is 2.30. The van der Waals surface area contributed by atoms with E-state index in [1.54, 1.807) is 0 Å². The predicted octanol–water partition coefficient (Wildman–Crippen LogP) is 2.23. The van der Waals surface area contributed by atoms with E-state index in [-0.39, 0.29) is 35.8 Å². The smallest absolute Gasteiger partial charge is 0.311 e. The summed E-state index contributed by atoms with van der Waals surface area (Å²) in [7, 11) is 1.41. The van der Waals surface area contributed by atoms with Crippen molar-refractivity contribution in [2.24, 2.45) is 0 Å². The van der Waals surface area contributed by atoms with Gasteiger partial charge in [0.05, 0.1) is 7.11 Å². The second-order valence-electron chi connectivity index (χ2n) is 4.68. The maximum atomic E-state index is 11.8. The summed E-state index contributed by atoms with van der Waals surface area (Å²) >= 11 is 0. The van der Waals surface area contributed by atoms with Crippen LogP contribution in [0.2, 0.25) is 0 Å². The van der Waals surface area contributed by atoms with E-state index in [4.69, 9.17) is 14.6 Å². The molecule has 0 aliphatic carbocycles. The number of hydrogen-bond donors (Lipinski definition) is 1. The lowest BCUT2D eigenvalue weighted by atomic mass is 10.1. The van der Waals surface area contributed by atoms with E-state index >= 15 is 0 Å². The molecule has 0 aromatic carbocycles. The van der Waals surface area contributed by atoms with Crippen molar-refractivity contribution in [2.75, 3.05) is 7.11 Å². The van der Waals surface area contributed by atoms with Gasteiger partial charge in [-0.05, 0) is 12.8 Å². The molecule has 1 rings (SSSR count). The molecule has 0 aliphatic rings. The van der Waals surface area contributed by atoms with Gasteiger partial charge in [-0.25, -0.2) is 4.98 Å². The van der Waals surface area contributed by atoms with Crippen molar-refractivity contribution in [1.29, 1.82) is 0 Å². The van der Waals surface area contributed by atoms with Crippen LogP contribution < -0.4 is 9.47 Å². The molecule has 1 aromatic heterocycles. The minimum absolute atomic E-state index is 0.0213. The fourth-order valence-corrected chi connectivity index (χ4v) is 1.83. The number of nitrogens with zero attached hydrogens (tertiary/aromatic N) is 1. The molecule has 7 nitrogen and oxygen atoms in total. The molecule has 0 amide bonds. The number of aromatic nitrogens is 1. The van der Waals surface area contributed by atoms with Gasteiger partial charge in [0.15, 0.2) is 17.2 Å². The summed E-state index contributed by atoms with van der Waals surface area (Å²) in [6.07, 6.45) is 3.26. The van der Waals surface area contributed by atoms with E-state index < -0.39 is 11.9 Å². The highest BCUT2D eigenvalue weighted by atomic mass is 16.6. The number of hydrogen-bond acceptors (Lipinski definition) is 6. The van der Waals surface area contributed by atoms with Crippen molar-refractivity contribution >= 4 is 17.7 Å². The maximum Gasteiger partial charge on any atom is 0.311 e. The minimum Gasteiger partial charge on any atom is -0.493 e.